The van der Waals surface area contributed by atoms with Crippen LogP contribution in [0.2, 0.25) is 0 Å². The van der Waals surface area contributed by atoms with Gasteiger partial charge in [-0.3, -0.25) is 4.90 Å². The van der Waals surface area contributed by atoms with Crippen molar-refractivity contribution in [2.45, 2.75) is 80.8 Å². The Morgan fingerprint density at radius 1 is 1.28 bits per heavy atom. The first-order valence-electron chi connectivity index (χ1n) is 9.62. The number of aryl methyl sites for hydroxylation is 1. The van der Waals surface area contributed by atoms with Crippen LogP contribution < -0.4 is 4.74 Å². The molecule has 4 nitrogen and oxygen atoms in total. The first kappa shape index (κ1) is 14.8. The predicted octanol–water partition coefficient (Wildman–Crippen LogP) is 2.36. The highest BCUT2D eigenvalue weighted by molar-refractivity contribution is 5.64. The van der Waals surface area contributed by atoms with E-state index in [-0.39, 0.29) is 11.8 Å². The standard InChI is InChI=1S/C20H24FNO3/c1-10-8-14(23)17-16-12(10)9-15-20(24)5-4-13(21)18(25-17)19(16,20)6-7-22(15)11-2-3-11/h8,11,13,15,18,23-24H,2-7,9H2,1H3/t13-,15-,18+,19+,20?/m1/s1. The van der Waals surface area contributed by atoms with Crippen molar-refractivity contribution in [3.8, 4) is 11.5 Å². The maximum absolute atomic E-state index is 15.0. The number of rotatable bonds is 1. The summed E-state index contributed by atoms with van der Waals surface area (Å²) >= 11 is 0. The number of aliphatic hydroxyl groups is 1. The fraction of sp³-hybridized carbons (Fsp3) is 0.700. The van der Waals surface area contributed by atoms with Crippen molar-refractivity contribution in [2.24, 2.45) is 0 Å². The summed E-state index contributed by atoms with van der Waals surface area (Å²) in [6.45, 7) is 2.90. The van der Waals surface area contributed by atoms with Crippen LogP contribution in [0.25, 0.3) is 0 Å². The molecule has 5 aliphatic rings. The molecular weight excluding hydrogens is 321 g/mol. The monoisotopic (exact) mass is 345 g/mol. The number of ether oxygens (including phenoxy) is 1. The van der Waals surface area contributed by atoms with Gasteiger partial charge in [0.15, 0.2) is 11.5 Å². The zero-order valence-corrected chi connectivity index (χ0v) is 14.5. The van der Waals surface area contributed by atoms with Gasteiger partial charge in [0, 0.05) is 17.6 Å². The largest absolute Gasteiger partial charge is 0.504 e. The van der Waals surface area contributed by atoms with Crippen LogP contribution in [-0.4, -0.2) is 51.6 Å². The van der Waals surface area contributed by atoms with Crippen LogP contribution in [0.5, 0.6) is 11.5 Å². The van der Waals surface area contributed by atoms with Gasteiger partial charge >= 0.3 is 0 Å². The van der Waals surface area contributed by atoms with Gasteiger partial charge in [0.1, 0.15) is 12.3 Å². The molecule has 2 heterocycles. The summed E-state index contributed by atoms with van der Waals surface area (Å²) in [6, 6.07) is 2.36. The van der Waals surface area contributed by atoms with Gasteiger partial charge < -0.3 is 14.9 Å². The molecule has 2 aliphatic heterocycles. The number of likely N-dealkylation sites (tertiary alicyclic amines) is 1. The van der Waals surface area contributed by atoms with E-state index in [2.05, 4.69) is 4.90 Å². The molecule has 25 heavy (non-hydrogen) atoms. The minimum atomic E-state index is -1.09. The van der Waals surface area contributed by atoms with Crippen LogP contribution in [-0.2, 0) is 11.8 Å². The lowest BCUT2D eigenvalue weighted by Crippen LogP contribution is -2.77. The summed E-state index contributed by atoms with van der Waals surface area (Å²) in [6.07, 6.45) is 2.95. The van der Waals surface area contributed by atoms with Crippen LogP contribution in [0.15, 0.2) is 6.07 Å². The molecule has 1 aromatic carbocycles. The molecule has 1 saturated heterocycles. The van der Waals surface area contributed by atoms with Gasteiger partial charge in [-0.1, -0.05) is 0 Å². The second-order valence-electron chi connectivity index (χ2n) is 8.82. The number of halogens is 1. The number of piperidine rings is 1. The van der Waals surface area contributed by atoms with E-state index in [9.17, 15) is 14.6 Å². The minimum absolute atomic E-state index is 0.0362. The Labute approximate surface area is 146 Å². The minimum Gasteiger partial charge on any atom is -0.504 e. The number of hydrogen-bond acceptors (Lipinski definition) is 4. The van der Waals surface area contributed by atoms with Crippen molar-refractivity contribution in [3.63, 3.8) is 0 Å². The van der Waals surface area contributed by atoms with E-state index in [1.165, 1.54) is 18.4 Å². The van der Waals surface area contributed by atoms with E-state index in [1.54, 1.807) is 6.07 Å². The summed E-state index contributed by atoms with van der Waals surface area (Å²) in [5, 5.41) is 22.5. The van der Waals surface area contributed by atoms with E-state index < -0.39 is 23.3 Å². The average molecular weight is 345 g/mol. The number of phenols is 1. The first-order chi connectivity index (χ1) is 12.0. The van der Waals surface area contributed by atoms with Crippen LogP contribution in [0.4, 0.5) is 4.39 Å². The van der Waals surface area contributed by atoms with Crippen LogP contribution >= 0.6 is 0 Å². The third-order valence-corrected chi connectivity index (χ3v) is 7.80. The predicted molar refractivity (Wildman–Crippen MR) is 89.9 cm³/mol. The highest BCUT2D eigenvalue weighted by atomic mass is 19.1. The molecule has 6 rings (SSSR count). The van der Waals surface area contributed by atoms with Gasteiger partial charge in [-0.05, 0) is 69.2 Å². The normalized spacial score (nSPS) is 44.4. The van der Waals surface area contributed by atoms with Crippen molar-refractivity contribution < 1.29 is 19.3 Å². The van der Waals surface area contributed by atoms with Gasteiger partial charge in [0.2, 0.25) is 0 Å². The number of aromatic hydroxyl groups is 1. The Morgan fingerprint density at radius 2 is 2.08 bits per heavy atom. The van der Waals surface area contributed by atoms with Gasteiger partial charge in [-0.25, -0.2) is 4.39 Å². The molecule has 2 saturated carbocycles. The SMILES string of the molecule is Cc1cc(O)c2c3c1C[C@H]1N(C4CC4)CC[C@@]34[C@@H](O2)[C@H](F)CCC14O. The topological polar surface area (TPSA) is 52.9 Å². The Balaban J connectivity index is 1.66. The fourth-order valence-corrected chi connectivity index (χ4v) is 6.63. The number of phenolic OH excluding ortho intramolecular Hbond substituents is 1. The van der Waals surface area contributed by atoms with Crippen molar-refractivity contribution in [1.82, 2.24) is 4.90 Å². The van der Waals surface area contributed by atoms with Gasteiger partial charge in [-0.15, -0.1) is 0 Å². The maximum Gasteiger partial charge on any atom is 0.165 e. The second-order valence-corrected chi connectivity index (χ2v) is 8.82. The number of benzene rings is 1. The Kier molecular flexibility index (Phi) is 2.55. The molecule has 1 spiro atoms. The van der Waals surface area contributed by atoms with Crippen molar-refractivity contribution in [1.29, 1.82) is 0 Å². The molecule has 0 amide bonds. The fourth-order valence-electron chi connectivity index (χ4n) is 6.63. The average Bonchev–Trinajstić information content (AvgIpc) is 3.33. The number of nitrogens with zero attached hydrogens (tertiary/aromatic N) is 1. The second kappa shape index (κ2) is 4.32. The van der Waals surface area contributed by atoms with E-state index in [4.69, 9.17) is 4.74 Å². The molecule has 134 valence electrons. The van der Waals surface area contributed by atoms with Gasteiger partial charge in [0.25, 0.3) is 0 Å². The van der Waals surface area contributed by atoms with Gasteiger partial charge in [0.05, 0.1) is 11.0 Å². The van der Waals surface area contributed by atoms with Crippen molar-refractivity contribution >= 4 is 0 Å². The molecule has 1 aromatic rings. The molecule has 0 aromatic heterocycles. The van der Waals surface area contributed by atoms with Crippen molar-refractivity contribution in [3.05, 3.63) is 22.8 Å². The van der Waals surface area contributed by atoms with Crippen LogP contribution in [0, 0.1) is 6.92 Å². The highest BCUT2D eigenvalue weighted by Gasteiger charge is 2.73. The van der Waals surface area contributed by atoms with E-state index in [0.717, 1.165) is 24.1 Å². The zero-order valence-electron chi connectivity index (χ0n) is 14.5. The molecule has 5 atom stereocenters. The molecule has 5 heteroatoms. The lowest BCUT2D eigenvalue weighted by molar-refractivity contribution is -0.200. The molecule has 1 unspecified atom stereocenters. The third-order valence-electron chi connectivity index (χ3n) is 7.80. The first-order valence-corrected chi connectivity index (χ1v) is 9.62. The van der Waals surface area contributed by atoms with E-state index in [1.807, 2.05) is 6.92 Å². The van der Waals surface area contributed by atoms with Crippen molar-refractivity contribution in [2.75, 3.05) is 6.54 Å². The van der Waals surface area contributed by atoms with Crippen LogP contribution in [0.3, 0.4) is 0 Å². The maximum atomic E-state index is 15.0. The molecule has 2 N–H and O–H groups in total. The molecule has 0 radical (unpaired) electrons. The lowest BCUT2D eigenvalue weighted by Gasteiger charge is -2.63. The summed E-state index contributed by atoms with van der Waals surface area (Å²) in [7, 11) is 0. The molecule has 3 aliphatic carbocycles. The van der Waals surface area contributed by atoms with E-state index in [0.29, 0.717) is 31.1 Å². The molecule has 3 fully saturated rings. The Hall–Kier alpha value is -1.33. The quantitative estimate of drug-likeness (QED) is 0.820. The number of hydrogen-bond donors (Lipinski definition) is 2. The zero-order chi connectivity index (χ0) is 17.1. The molecule has 2 bridgehead atoms. The summed E-state index contributed by atoms with van der Waals surface area (Å²) in [5.74, 6) is 0.532. The lowest BCUT2D eigenvalue weighted by atomic mass is 9.48. The van der Waals surface area contributed by atoms with Crippen LogP contribution in [0.1, 0.15) is 48.8 Å². The van der Waals surface area contributed by atoms with Gasteiger partial charge in [-0.2, -0.15) is 0 Å². The smallest absolute Gasteiger partial charge is 0.165 e. The third kappa shape index (κ3) is 1.49. The Morgan fingerprint density at radius 3 is 2.84 bits per heavy atom. The highest BCUT2D eigenvalue weighted by Crippen LogP contribution is 2.66. The summed E-state index contributed by atoms with van der Waals surface area (Å²) in [4.78, 5) is 2.49. The summed E-state index contributed by atoms with van der Waals surface area (Å²) in [5.41, 5.74) is 1.47. The molecular formula is C20H24FNO3. The Bertz CT molecular complexity index is 794. The van der Waals surface area contributed by atoms with E-state index >= 15 is 0 Å². The number of alkyl halides is 1. The summed E-state index contributed by atoms with van der Waals surface area (Å²) < 4.78 is 21.0.